The summed E-state index contributed by atoms with van der Waals surface area (Å²) in [6.07, 6.45) is 4.69. The Morgan fingerprint density at radius 3 is 2.68 bits per heavy atom. The number of benzene rings is 2. The van der Waals surface area contributed by atoms with Crippen molar-refractivity contribution in [2.24, 2.45) is 5.73 Å². The van der Waals surface area contributed by atoms with E-state index in [2.05, 4.69) is 15.6 Å². The van der Waals surface area contributed by atoms with E-state index < -0.39 is 5.60 Å². The second-order valence-electron chi connectivity index (χ2n) is 12.1. The molecule has 4 amide bonds. The number of piperidine rings is 1. The van der Waals surface area contributed by atoms with E-state index in [9.17, 15) is 14.4 Å². The van der Waals surface area contributed by atoms with Crippen LogP contribution in [0.15, 0.2) is 72.6 Å². The Bertz CT molecular complexity index is 1870. The number of aromatic nitrogens is 1. The third-order valence-electron chi connectivity index (χ3n) is 8.15. The maximum atomic E-state index is 13.7. The first-order valence-electron chi connectivity index (χ1n) is 15.6. The van der Waals surface area contributed by atoms with E-state index in [0.29, 0.717) is 70.4 Å². The highest BCUT2D eigenvalue weighted by atomic mass is 32.1. The summed E-state index contributed by atoms with van der Waals surface area (Å²) in [6, 6.07) is 16.2. The predicted octanol–water partition coefficient (Wildman–Crippen LogP) is 6.46. The molecule has 244 valence electrons. The Labute approximate surface area is 277 Å². The van der Waals surface area contributed by atoms with Gasteiger partial charge >= 0.3 is 6.03 Å². The van der Waals surface area contributed by atoms with Crippen molar-refractivity contribution in [2.45, 2.75) is 52.2 Å². The number of ether oxygens (including phenoxy) is 2. The third-order valence-corrected chi connectivity index (χ3v) is 9.25. The number of likely N-dealkylation sites (tertiary alicyclic amines) is 1. The number of pyridine rings is 1. The average Bonchev–Trinajstić information content (AvgIpc) is 3.41. The van der Waals surface area contributed by atoms with Crippen molar-refractivity contribution in [1.29, 1.82) is 0 Å². The molecule has 47 heavy (non-hydrogen) atoms. The summed E-state index contributed by atoms with van der Waals surface area (Å²) >= 11 is 1.22. The summed E-state index contributed by atoms with van der Waals surface area (Å²) < 4.78 is 11.6. The molecule has 4 heterocycles. The number of urea groups is 1. The Balaban J connectivity index is 1.21. The number of aryl methyl sites for hydroxylation is 1. The molecule has 1 saturated heterocycles. The highest BCUT2D eigenvalue weighted by Crippen LogP contribution is 2.46. The van der Waals surface area contributed by atoms with Gasteiger partial charge in [0.2, 0.25) is 0 Å². The van der Waals surface area contributed by atoms with Crippen LogP contribution in [0.1, 0.15) is 48.8 Å². The zero-order valence-corrected chi connectivity index (χ0v) is 27.6. The molecule has 2 aromatic carbocycles. The molecule has 1 atom stereocenters. The summed E-state index contributed by atoms with van der Waals surface area (Å²) in [6.45, 7) is 8.87. The number of amides is 4. The van der Waals surface area contributed by atoms with Crippen LogP contribution in [0.5, 0.6) is 11.5 Å². The summed E-state index contributed by atoms with van der Waals surface area (Å²) in [4.78, 5) is 49.3. The monoisotopic (exact) mass is 654 g/mol. The van der Waals surface area contributed by atoms with Crippen molar-refractivity contribution in [3.05, 3.63) is 83.0 Å². The molecule has 2 aliphatic rings. The lowest BCUT2D eigenvalue weighted by atomic mass is 10.0. The first-order valence-corrected chi connectivity index (χ1v) is 16.4. The van der Waals surface area contributed by atoms with Gasteiger partial charge in [0.05, 0.1) is 33.7 Å². The number of carbonyl (C=O) groups excluding carboxylic acids is 3. The van der Waals surface area contributed by atoms with Crippen molar-refractivity contribution in [3.63, 3.8) is 0 Å². The quantitative estimate of drug-likeness (QED) is 0.176. The molecule has 2 aliphatic heterocycles. The lowest BCUT2D eigenvalue weighted by Gasteiger charge is -2.33. The number of nitrogens with two attached hydrogens (primary N) is 1. The van der Waals surface area contributed by atoms with Gasteiger partial charge in [0.1, 0.15) is 21.2 Å². The molecule has 0 spiro atoms. The molecular formula is C35H38N6O5S. The molecule has 0 unspecified atom stereocenters. The maximum absolute atomic E-state index is 13.7. The average molecular weight is 655 g/mol. The second-order valence-corrected chi connectivity index (χ2v) is 13.1. The van der Waals surface area contributed by atoms with Crippen LogP contribution in [0.25, 0.3) is 10.2 Å². The molecule has 12 heteroatoms. The number of nitrogens with one attached hydrogen (secondary N) is 2. The maximum Gasteiger partial charge on any atom is 0.331 e. The lowest BCUT2D eigenvalue weighted by Crippen LogP contribution is -2.50. The molecular weight excluding hydrogens is 616 g/mol. The minimum absolute atomic E-state index is 0.115. The third kappa shape index (κ3) is 6.65. The summed E-state index contributed by atoms with van der Waals surface area (Å²) in [5, 5.41) is 6.74. The van der Waals surface area contributed by atoms with Gasteiger partial charge in [0, 0.05) is 31.9 Å². The lowest BCUT2D eigenvalue weighted by molar-refractivity contribution is -0.128. The zero-order valence-electron chi connectivity index (χ0n) is 26.8. The smallest absolute Gasteiger partial charge is 0.331 e. The first-order chi connectivity index (χ1) is 22.5. The van der Waals surface area contributed by atoms with Crippen LogP contribution in [-0.2, 0) is 9.53 Å². The van der Waals surface area contributed by atoms with Crippen molar-refractivity contribution in [1.82, 2.24) is 15.2 Å². The zero-order chi connectivity index (χ0) is 33.3. The summed E-state index contributed by atoms with van der Waals surface area (Å²) in [5.41, 5.74) is 8.19. The molecule has 4 aromatic rings. The van der Waals surface area contributed by atoms with E-state index in [1.165, 1.54) is 11.3 Å². The molecule has 0 radical (unpaired) electrons. The number of hydrogen-bond acceptors (Lipinski definition) is 8. The van der Waals surface area contributed by atoms with Gasteiger partial charge in [0.25, 0.3) is 11.8 Å². The SMILES string of the molecule is CCOC(C)(C)/C=C(\N)C(=O)N1CCC[C@@H](NC(=O)c2sc3nccc4c3c2NC(=O)N4c2ccc(Oc3ccccc3)cc2C)C1. The Kier molecular flexibility index (Phi) is 8.89. The van der Waals surface area contributed by atoms with Crippen molar-refractivity contribution < 1.29 is 23.9 Å². The normalized spacial score (nSPS) is 16.6. The van der Waals surface area contributed by atoms with Gasteiger partial charge in [-0.3, -0.25) is 14.5 Å². The number of hydrogen-bond donors (Lipinski definition) is 3. The molecule has 6 rings (SSSR count). The number of carbonyl (C=O) groups is 3. The minimum Gasteiger partial charge on any atom is -0.457 e. The van der Waals surface area contributed by atoms with E-state index in [0.717, 1.165) is 11.3 Å². The van der Waals surface area contributed by atoms with E-state index >= 15 is 0 Å². The summed E-state index contributed by atoms with van der Waals surface area (Å²) in [5.74, 6) is 0.752. The van der Waals surface area contributed by atoms with Crippen LogP contribution in [0, 0.1) is 6.92 Å². The molecule has 11 nitrogen and oxygen atoms in total. The van der Waals surface area contributed by atoms with Gasteiger partial charge in [-0.05, 0) is 88.6 Å². The van der Waals surface area contributed by atoms with Crippen LogP contribution in [0.4, 0.5) is 21.9 Å². The number of rotatable bonds is 9. The standard InChI is InChI=1S/C35H38N6O5S/c1-5-45-35(3,4)19-25(36)33(43)40-17-9-10-22(20-40)38-31(42)30-29-28-27(15-16-37-32(28)47-30)41(34(44)39-29)26-14-13-24(18-21(26)2)46-23-11-7-6-8-12-23/h6-8,11-16,18-19,22H,5,9-10,17,20,36H2,1-4H3,(H,38,42)(H,39,44)/b25-19-/t22-/m1/s1. The van der Waals surface area contributed by atoms with Crippen LogP contribution >= 0.6 is 11.3 Å². The second kappa shape index (κ2) is 13.0. The van der Waals surface area contributed by atoms with E-state index in [1.54, 1.807) is 28.1 Å². The number of anilines is 3. The van der Waals surface area contributed by atoms with Gasteiger partial charge in [0.15, 0.2) is 0 Å². The topological polar surface area (TPSA) is 139 Å². The molecule has 0 bridgehead atoms. The minimum atomic E-state index is -0.674. The van der Waals surface area contributed by atoms with Gasteiger partial charge in [-0.25, -0.2) is 9.78 Å². The number of nitrogens with zero attached hydrogens (tertiary/aromatic N) is 3. The van der Waals surface area contributed by atoms with Gasteiger partial charge < -0.3 is 30.7 Å². The fraction of sp³-hybridized carbons (Fsp3) is 0.314. The molecule has 0 saturated carbocycles. The van der Waals surface area contributed by atoms with Crippen molar-refractivity contribution in [2.75, 3.05) is 29.9 Å². The summed E-state index contributed by atoms with van der Waals surface area (Å²) in [7, 11) is 0. The number of para-hydroxylation sites is 1. The van der Waals surface area contributed by atoms with Crippen LogP contribution in [0.2, 0.25) is 0 Å². The van der Waals surface area contributed by atoms with Gasteiger partial charge in [-0.2, -0.15) is 0 Å². The fourth-order valence-electron chi connectivity index (χ4n) is 6.11. The van der Waals surface area contributed by atoms with Crippen LogP contribution in [-0.4, -0.2) is 59.1 Å². The molecule has 1 fully saturated rings. The van der Waals surface area contributed by atoms with Gasteiger partial charge in [-0.15, -0.1) is 11.3 Å². The predicted molar refractivity (Wildman–Crippen MR) is 184 cm³/mol. The highest BCUT2D eigenvalue weighted by molar-refractivity contribution is 7.21. The van der Waals surface area contributed by atoms with Crippen LogP contribution < -0.4 is 26.0 Å². The highest BCUT2D eigenvalue weighted by Gasteiger charge is 2.34. The van der Waals surface area contributed by atoms with E-state index in [-0.39, 0.29) is 29.6 Å². The van der Waals surface area contributed by atoms with E-state index in [1.807, 2.05) is 76.2 Å². The first kappa shape index (κ1) is 32.0. The van der Waals surface area contributed by atoms with Gasteiger partial charge in [-0.1, -0.05) is 18.2 Å². The molecule has 2 aromatic heterocycles. The fourth-order valence-corrected chi connectivity index (χ4v) is 7.14. The van der Waals surface area contributed by atoms with E-state index in [4.69, 9.17) is 15.2 Å². The number of thiophene rings is 1. The molecule has 4 N–H and O–H groups in total. The Morgan fingerprint density at radius 1 is 1.15 bits per heavy atom. The molecule has 0 aliphatic carbocycles. The van der Waals surface area contributed by atoms with Crippen molar-refractivity contribution in [3.8, 4) is 11.5 Å². The Hall–Kier alpha value is -4.94. The van der Waals surface area contributed by atoms with Crippen molar-refractivity contribution >= 4 is 56.5 Å². The van der Waals surface area contributed by atoms with Crippen LogP contribution in [0.3, 0.4) is 0 Å². The Morgan fingerprint density at radius 2 is 1.94 bits per heavy atom. The largest absolute Gasteiger partial charge is 0.457 e.